The second-order valence-electron chi connectivity index (χ2n) is 7.31. The lowest BCUT2D eigenvalue weighted by atomic mass is 9.84. The molecule has 0 spiro atoms. The van der Waals surface area contributed by atoms with E-state index in [-0.39, 0.29) is 11.4 Å². The van der Waals surface area contributed by atoms with Crippen molar-refractivity contribution in [2.45, 2.75) is 25.0 Å². The van der Waals surface area contributed by atoms with Crippen molar-refractivity contribution in [2.24, 2.45) is 0 Å². The van der Waals surface area contributed by atoms with E-state index in [2.05, 4.69) is 0 Å². The van der Waals surface area contributed by atoms with E-state index < -0.39 is 11.5 Å². The van der Waals surface area contributed by atoms with Gasteiger partial charge in [-0.2, -0.15) is 0 Å². The molecule has 2 heterocycles. The molecule has 0 saturated carbocycles. The SMILES string of the molecule is O=C(NO)c1ccc(Cn2ccc(C3(c4ccc(F)cc4)CCCO3)cc2=O)cc1. The molecule has 7 heteroatoms. The van der Waals surface area contributed by atoms with Gasteiger partial charge in [0.25, 0.3) is 11.5 Å². The number of halogens is 1. The van der Waals surface area contributed by atoms with Gasteiger partial charge in [-0.05, 0) is 59.9 Å². The predicted octanol–water partition coefficient (Wildman–Crippen LogP) is 3.21. The quantitative estimate of drug-likeness (QED) is 0.502. The monoisotopic (exact) mass is 408 g/mol. The first kappa shape index (κ1) is 20.0. The molecule has 6 nitrogen and oxygen atoms in total. The van der Waals surface area contributed by atoms with Gasteiger partial charge in [0.15, 0.2) is 0 Å². The van der Waals surface area contributed by atoms with Crippen molar-refractivity contribution < 1.29 is 19.1 Å². The topological polar surface area (TPSA) is 80.6 Å². The minimum absolute atomic E-state index is 0.179. The molecule has 2 N–H and O–H groups in total. The third-order valence-electron chi connectivity index (χ3n) is 5.47. The molecule has 0 aliphatic carbocycles. The zero-order valence-electron chi connectivity index (χ0n) is 16.2. The number of benzene rings is 2. The maximum Gasteiger partial charge on any atom is 0.274 e. The Hall–Kier alpha value is -3.29. The summed E-state index contributed by atoms with van der Waals surface area (Å²) in [4.78, 5) is 24.2. The number of hydroxylamine groups is 1. The highest BCUT2D eigenvalue weighted by Crippen LogP contribution is 2.41. The second kappa shape index (κ2) is 8.22. The molecule has 1 fully saturated rings. The minimum atomic E-state index is -0.745. The number of carbonyl (C=O) groups is 1. The summed E-state index contributed by atoms with van der Waals surface area (Å²) in [6.45, 7) is 0.915. The minimum Gasteiger partial charge on any atom is -0.366 e. The van der Waals surface area contributed by atoms with E-state index >= 15 is 0 Å². The maximum atomic E-state index is 13.4. The summed E-state index contributed by atoms with van der Waals surface area (Å²) < 4.78 is 21.0. The van der Waals surface area contributed by atoms with E-state index in [4.69, 9.17) is 9.94 Å². The van der Waals surface area contributed by atoms with Crippen LogP contribution in [-0.2, 0) is 16.9 Å². The van der Waals surface area contributed by atoms with E-state index in [0.29, 0.717) is 18.7 Å². The van der Waals surface area contributed by atoms with Crippen molar-refractivity contribution in [1.82, 2.24) is 10.0 Å². The Bertz CT molecular complexity index is 1100. The lowest BCUT2D eigenvalue weighted by Gasteiger charge is -2.29. The summed E-state index contributed by atoms with van der Waals surface area (Å²) in [5.41, 5.74) is 3.40. The van der Waals surface area contributed by atoms with Gasteiger partial charge in [0, 0.05) is 24.4 Å². The number of pyridine rings is 1. The van der Waals surface area contributed by atoms with Gasteiger partial charge < -0.3 is 9.30 Å². The Labute approximate surface area is 172 Å². The highest BCUT2D eigenvalue weighted by Gasteiger charge is 2.39. The van der Waals surface area contributed by atoms with Crippen LogP contribution in [0.4, 0.5) is 4.39 Å². The fourth-order valence-corrected chi connectivity index (χ4v) is 3.89. The van der Waals surface area contributed by atoms with E-state index in [1.807, 2.05) is 6.07 Å². The van der Waals surface area contributed by atoms with E-state index in [9.17, 15) is 14.0 Å². The van der Waals surface area contributed by atoms with Crippen molar-refractivity contribution >= 4 is 5.91 Å². The Morgan fingerprint density at radius 2 is 1.83 bits per heavy atom. The molecule has 1 unspecified atom stereocenters. The number of aromatic nitrogens is 1. The molecule has 30 heavy (non-hydrogen) atoms. The zero-order chi connectivity index (χ0) is 21.1. The van der Waals surface area contributed by atoms with Crippen molar-refractivity contribution in [3.05, 3.63) is 105 Å². The van der Waals surface area contributed by atoms with E-state index in [0.717, 1.165) is 29.5 Å². The van der Waals surface area contributed by atoms with Crippen molar-refractivity contribution in [3.63, 3.8) is 0 Å². The molecule has 0 bridgehead atoms. The molecular formula is C23H21FN2O4. The van der Waals surface area contributed by atoms with Gasteiger partial charge in [-0.1, -0.05) is 24.3 Å². The van der Waals surface area contributed by atoms with Crippen molar-refractivity contribution in [1.29, 1.82) is 0 Å². The Morgan fingerprint density at radius 3 is 2.43 bits per heavy atom. The number of hydrogen-bond acceptors (Lipinski definition) is 4. The fourth-order valence-electron chi connectivity index (χ4n) is 3.89. The van der Waals surface area contributed by atoms with Crippen LogP contribution in [0.15, 0.2) is 71.7 Å². The molecule has 1 aliphatic rings. The molecule has 4 rings (SSSR count). The highest BCUT2D eigenvalue weighted by atomic mass is 19.1. The number of rotatable bonds is 5. The van der Waals surface area contributed by atoms with Crippen molar-refractivity contribution in [2.75, 3.05) is 6.61 Å². The number of carbonyl (C=O) groups excluding carboxylic acids is 1. The summed E-state index contributed by atoms with van der Waals surface area (Å²) in [6, 6.07) is 16.3. The number of nitrogens with zero attached hydrogens (tertiary/aromatic N) is 1. The molecule has 1 aromatic heterocycles. The highest BCUT2D eigenvalue weighted by molar-refractivity contribution is 5.93. The van der Waals surface area contributed by atoms with Crippen LogP contribution in [0.3, 0.4) is 0 Å². The van der Waals surface area contributed by atoms with Gasteiger partial charge >= 0.3 is 0 Å². The molecule has 3 aromatic rings. The van der Waals surface area contributed by atoms with Crippen LogP contribution in [0.2, 0.25) is 0 Å². The Kier molecular flexibility index (Phi) is 5.48. The molecule has 1 aliphatic heterocycles. The Morgan fingerprint density at radius 1 is 1.10 bits per heavy atom. The second-order valence-corrected chi connectivity index (χ2v) is 7.31. The van der Waals surface area contributed by atoms with E-state index in [1.165, 1.54) is 12.1 Å². The first-order chi connectivity index (χ1) is 14.5. The number of amides is 1. The predicted molar refractivity (Wildman–Crippen MR) is 108 cm³/mol. The van der Waals surface area contributed by atoms with Crippen LogP contribution in [0.1, 0.15) is 39.9 Å². The first-order valence-corrected chi connectivity index (χ1v) is 9.66. The molecule has 0 radical (unpaired) electrons. The average molecular weight is 408 g/mol. The summed E-state index contributed by atoms with van der Waals surface area (Å²) in [6.07, 6.45) is 3.30. The molecule has 1 saturated heterocycles. The van der Waals surface area contributed by atoms with Crippen LogP contribution >= 0.6 is 0 Å². The number of ether oxygens (including phenoxy) is 1. The normalized spacial score (nSPS) is 18.3. The largest absolute Gasteiger partial charge is 0.366 e. The molecule has 1 amide bonds. The van der Waals surface area contributed by atoms with Gasteiger partial charge in [0.2, 0.25) is 0 Å². The number of hydrogen-bond donors (Lipinski definition) is 2. The molecule has 1 atom stereocenters. The van der Waals surface area contributed by atoms with Gasteiger partial charge in [-0.15, -0.1) is 0 Å². The molecule has 2 aromatic carbocycles. The lowest BCUT2D eigenvalue weighted by Crippen LogP contribution is -2.30. The van der Waals surface area contributed by atoms with Gasteiger partial charge in [0.05, 0.1) is 6.54 Å². The van der Waals surface area contributed by atoms with Gasteiger partial charge in [-0.25, -0.2) is 9.87 Å². The average Bonchev–Trinajstić information content (AvgIpc) is 3.27. The molecule has 154 valence electrons. The maximum absolute atomic E-state index is 13.4. The first-order valence-electron chi connectivity index (χ1n) is 9.66. The summed E-state index contributed by atoms with van der Waals surface area (Å²) in [5.74, 6) is -0.907. The standard InChI is InChI=1S/C23H21FN2O4/c24-20-8-6-18(7-9-20)23(11-1-13-30-23)19-10-12-26(21(27)14-19)15-16-2-4-17(5-3-16)22(28)25-29/h2-10,12,14,29H,1,11,13,15H2,(H,25,28). The molecular weight excluding hydrogens is 387 g/mol. The summed E-state index contributed by atoms with van der Waals surface area (Å²) in [5, 5.41) is 8.69. The fraction of sp³-hybridized carbons (Fsp3) is 0.217. The van der Waals surface area contributed by atoms with Crippen LogP contribution in [0, 0.1) is 5.82 Å². The van der Waals surface area contributed by atoms with Gasteiger partial charge in [0.1, 0.15) is 11.4 Å². The van der Waals surface area contributed by atoms with Crippen LogP contribution in [0.5, 0.6) is 0 Å². The summed E-state index contributed by atoms with van der Waals surface area (Å²) in [7, 11) is 0. The Balaban J connectivity index is 1.61. The smallest absolute Gasteiger partial charge is 0.274 e. The zero-order valence-corrected chi connectivity index (χ0v) is 16.2. The third kappa shape index (κ3) is 3.77. The third-order valence-corrected chi connectivity index (χ3v) is 5.47. The lowest BCUT2D eigenvalue weighted by molar-refractivity contribution is 0.0357. The summed E-state index contributed by atoms with van der Waals surface area (Å²) >= 11 is 0. The van der Waals surface area contributed by atoms with Crippen molar-refractivity contribution in [3.8, 4) is 0 Å². The van der Waals surface area contributed by atoms with Crippen LogP contribution in [-0.4, -0.2) is 22.3 Å². The number of nitrogens with one attached hydrogen (secondary N) is 1. The van der Waals surface area contributed by atoms with Crippen LogP contribution < -0.4 is 11.0 Å². The van der Waals surface area contributed by atoms with E-state index in [1.54, 1.807) is 58.7 Å². The van der Waals surface area contributed by atoms with Crippen LogP contribution in [0.25, 0.3) is 0 Å². The van der Waals surface area contributed by atoms with Gasteiger partial charge in [-0.3, -0.25) is 14.8 Å².